The van der Waals surface area contributed by atoms with Crippen molar-refractivity contribution in [3.63, 3.8) is 0 Å². The molecule has 0 spiro atoms. The highest BCUT2D eigenvalue weighted by molar-refractivity contribution is 6.99. The van der Waals surface area contributed by atoms with E-state index in [-0.39, 0.29) is 23.0 Å². The molecule has 2 aliphatic rings. The molecule has 5 heteroatoms. The lowest BCUT2D eigenvalue weighted by Crippen LogP contribution is -2.58. The third-order valence-electron chi connectivity index (χ3n) is 14.6. The van der Waals surface area contributed by atoms with E-state index in [2.05, 4.69) is 227 Å². The molecule has 0 amide bonds. The van der Waals surface area contributed by atoms with Gasteiger partial charge in [-0.15, -0.1) is 0 Å². The Balaban J connectivity index is 1.15. The molecule has 9 aromatic rings. The minimum Gasteiger partial charge on any atom is -0.458 e. The fourth-order valence-corrected chi connectivity index (χ4v) is 10.8. The van der Waals surface area contributed by atoms with Gasteiger partial charge in [0.15, 0.2) is 0 Å². The fraction of sp³-hybridized carbons (Fsp3) is 0.295. The molecule has 66 heavy (non-hydrogen) atoms. The first-order chi connectivity index (χ1) is 31.3. The average molecular weight is 864 g/mol. The lowest BCUT2D eigenvalue weighted by molar-refractivity contribution is 0.486. The summed E-state index contributed by atoms with van der Waals surface area (Å²) in [5, 5.41) is 2.63. The Bertz CT molecular complexity index is 3420. The second kappa shape index (κ2) is 14.6. The molecule has 0 N–H and O–H groups in total. The van der Waals surface area contributed by atoms with Crippen LogP contribution >= 0.6 is 0 Å². The van der Waals surface area contributed by atoms with Crippen molar-refractivity contribution >= 4 is 55.9 Å². The molecule has 2 aromatic heterocycles. The minimum absolute atomic E-state index is 0.0116. The summed E-state index contributed by atoms with van der Waals surface area (Å²) in [5.74, 6) is 3.52. The molecule has 0 saturated carbocycles. The molecule has 0 fully saturated rings. The zero-order valence-corrected chi connectivity index (χ0v) is 41.1. The highest BCUT2D eigenvalue weighted by Gasteiger charge is 2.42. The molecule has 0 aliphatic carbocycles. The highest BCUT2D eigenvalue weighted by atomic mass is 16.5. The number of aromatic nitrogens is 3. The maximum absolute atomic E-state index is 7.14. The summed E-state index contributed by atoms with van der Waals surface area (Å²) >= 11 is 0. The van der Waals surface area contributed by atoms with Gasteiger partial charge < -0.3 is 9.30 Å². The Labute approximate surface area is 391 Å². The number of nitrogens with zero attached hydrogens (tertiary/aromatic N) is 3. The molecule has 7 aromatic carbocycles. The van der Waals surface area contributed by atoms with Crippen LogP contribution in [0.3, 0.4) is 0 Å². The van der Waals surface area contributed by atoms with E-state index in [9.17, 15) is 0 Å². The van der Waals surface area contributed by atoms with Crippen LogP contribution in [-0.2, 0) is 16.2 Å². The Kier molecular flexibility index (Phi) is 9.35. The van der Waals surface area contributed by atoms with E-state index in [1.807, 2.05) is 0 Å². The number of imidazole rings is 1. The Morgan fingerprint density at radius 2 is 1.11 bits per heavy atom. The number of para-hydroxylation sites is 3. The van der Waals surface area contributed by atoms with E-state index in [1.165, 1.54) is 77.4 Å². The van der Waals surface area contributed by atoms with Gasteiger partial charge in [-0.05, 0) is 132 Å². The van der Waals surface area contributed by atoms with Crippen LogP contribution in [0.4, 0.5) is 0 Å². The van der Waals surface area contributed by atoms with Gasteiger partial charge in [0.25, 0.3) is 6.71 Å². The predicted octanol–water partition coefficient (Wildman–Crippen LogP) is 14.5. The lowest BCUT2D eigenvalue weighted by atomic mass is 9.34. The standard InChI is InChI=1S/C61H62BN3O/c1-35(2)43-17-16-18-44(36(3)4)56(43)65-51-20-15-14-19-49(51)63-58(65)38-23-21-37(22-24-38)39-29-52-55-54(30-39)66-53-28-26-41(60(8,9)10)33-47(53)62(55)48-34-42(61(11,12)13)32-46-45-31-40(59(5,6)7)25-27-50(45)64(52)57(46)48/h14-36H,1-13H3. The number of benzene rings is 7. The number of rotatable bonds is 5. The Morgan fingerprint density at radius 3 is 1.77 bits per heavy atom. The molecule has 4 heterocycles. The smallest absolute Gasteiger partial charge is 0.256 e. The van der Waals surface area contributed by atoms with Crippen LogP contribution in [0.15, 0.2) is 127 Å². The zero-order chi connectivity index (χ0) is 46.4. The Morgan fingerprint density at radius 1 is 0.500 bits per heavy atom. The molecule has 0 atom stereocenters. The van der Waals surface area contributed by atoms with Gasteiger partial charge in [0.1, 0.15) is 17.3 Å². The van der Waals surface area contributed by atoms with Crippen LogP contribution in [0.5, 0.6) is 11.5 Å². The first-order valence-electron chi connectivity index (χ1n) is 24.1. The average Bonchev–Trinajstić information content (AvgIpc) is 3.82. The quantitative estimate of drug-likeness (QED) is 0.161. The number of hydrogen-bond donors (Lipinski definition) is 0. The molecule has 0 bridgehead atoms. The zero-order valence-electron chi connectivity index (χ0n) is 41.1. The van der Waals surface area contributed by atoms with E-state index in [0.717, 1.165) is 45.0 Å². The van der Waals surface area contributed by atoms with Gasteiger partial charge in [-0.1, -0.05) is 169 Å². The van der Waals surface area contributed by atoms with Crippen LogP contribution in [-0.4, -0.2) is 20.8 Å². The summed E-state index contributed by atoms with van der Waals surface area (Å²) in [5.41, 5.74) is 20.9. The van der Waals surface area contributed by atoms with Crippen LogP contribution in [0.1, 0.15) is 130 Å². The van der Waals surface area contributed by atoms with Crippen molar-refractivity contribution in [2.24, 2.45) is 0 Å². The molecular formula is C61H62BN3O. The lowest BCUT2D eigenvalue weighted by Gasteiger charge is -2.35. The van der Waals surface area contributed by atoms with Gasteiger partial charge in [0.05, 0.1) is 22.2 Å². The largest absolute Gasteiger partial charge is 0.458 e. The monoisotopic (exact) mass is 863 g/mol. The molecule has 11 rings (SSSR count). The third-order valence-corrected chi connectivity index (χ3v) is 14.6. The van der Waals surface area contributed by atoms with E-state index < -0.39 is 0 Å². The molecule has 2 aliphatic heterocycles. The maximum atomic E-state index is 7.14. The first-order valence-corrected chi connectivity index (χ1v) is 24.1. The van der Waals surface area contributed by atoms with Crippen molar-refractivity contribution in [2.75, 3.05) is 0 Å². The summed E-state index contributed by atoms with van der Waals surface area (Å²) in [7, 11) is 0. The predicted molar refractivity (Wildman–Crippen MR) is 282 cm³/mol. The van der Waals surface area contributed by atoms with Crippen molar-refractivity contribution < 1.29 is 4.74 Å². The molecule has 330 valence electrons. The third kappa shape index (κ3) is 6.51. The van der Waals surface area contributed by atoms with Gasteiger partial charge >= 0.3 is 0 Å². The van der Waals surface area contributed by atoms with E-state index in [4.69, 9.17) is 9.72 Å². The normalized spacial score (nSPS) is 13.6. The second-order valence-electron chi connectivity index (χ2n) is 22.9. The summed E-state index contributed by atoms with van der Waals surface area (Å²) in [6.07, 6.45) is 0. The maximum Gasteiger partial charge on any atom is 0.256 e. The van der Waals surface area contributed by atoms with Crippen LogP contribution in [0.25, 0.3) is 66.7 Å². The van der Waals surface area contributed by atoms with Crippen LogP contribution in [0.2, 0.25) is 0 Å². The second-order valence-corrected chi connectivity index (χ2v) is 22.9. The van der Waals surface area contributed by atoms with E-state index >= 15 is 0 Å². The molecule has 4 nitrogen and oxygen atoms in total. The van der Waals surface area contributed by atoms with Crippen LogP contribution in [0, 0.1) is 0 Å². The molecular weight excluding hydrogens is 802 g/mol. The van der Waals surface area contributed by atoms with Crippen molar-refractivity contribution in [1.29, 1.82) is 0 Å². The highest BCUT2D eigenvalue weighted by Crippen LogP contribution is 2.44. The van der Waals surface area contributed by atoms with Crippen molar-refractivity contribution in [1.82, 2.24) is 14.1 Å². The SMILES string of the molecule is CC(C)c1cccc(C(C)C)c1-n1c(-c2ccc(-c3cc4c5c(c3)-n3c6ccc(C(C)(C)C)cc6c6cc(C(C)(C)C)cc(c63)B5c3cc(C(C)(C)C)ccc3O4)cc2)nc2ccccc21. The van der Waals surface area contributed by atoms with Crippen LogP contribution < -0.4 is 21.1 Å². The number of fused-ring (bicyclic) bond motifs is 8. The first kappa shape index (κ1) is 42.3. The van der Waals surface area contributed by atoms with Gasteiger partial charge in [-0.3, -0.25) is 4.57 Å². The van der Waals surface area contributed by atoms with E-state index in [0.29, 0.717) is 11.8 Å². The van der Waals surface area contributed by atoms with E-state index in [1.54, 1.807) is 0 Å². The number of hydrogen-bond acceptors (Lipinski definition) is 2. The fourth-order valence-electron chi connectivity index (χ4n) is 10.8. The molecule has 0 saturated heterocycles. The van der Waals surface area contributed by atoms with Gasteiger partial charge in [0.2, 0.25) is 0 Å². The summed E-state index contributed by atoms with van der Waals surface area (Å²) in [4.78, 5) is 5.35. The van der Waals surface area contributed by atoms with Crippen molar-refractivity contribution in [2.45, 2.75) is 118 Å². The summed E-state index contributed by atoms with van der Waals surface area (Å²) in [6, 6.07) is 48.3. The van der Waals surface area contributed by atoms with Crippen molar-refractivity contribution in [3.8, 4) is 45.4 Å². The minimum atomic E-state index is -0.0421. The molecule has 0 unspecified atom stereocenters. The van der Waals surface area contributed by atoms with Crippen molar-refractivity contribution in [3.05, 3.63) is 155 Å². The van der Waals surface area contributed by atoms with Gasteiger partial charge in [-0.2, -0.15) is 0 Å². The summed E-state index contributed by atoms with van der Waals surface area (Å²) in [6.45, 7) is 30.1. The van der Waals surface area contributed by atoms with Gasteiger partial charge in [0, 0.05) is 27.5 Å². The summed E-state index contributed by atoms with van der Waals surface area (Å²) < 4.78 is 12.1. The Hall–Kier alpha value is -6.33. The molecule has 0 radical (unpaired) electrons. The topological polar surface area (TPSA) is 32.0 Å². The number of ether oxygens (including phenoxy) is 1. The van der Waals surface area contributed by atoms with Gasteiger partial charge in [-0.25, -0.2) is 4.98 Å².